The van der Waals surface area contributed by atoms with Crippen molar-refractivity contribution in [1.82, 2.24) is 0 Å². The third kappa shape index (κ3) is 5.60. The first kappa shape index (κ1) is 20.0. The molecule has 0 fully saturated rings. The minimum atomic E-state index is -0.0252. The second-order valence-corrected chi connectivity index (χ2v) is 6.95. The summed E-state index contributed by atoms with van der Waals surface area (Å²) < 4.78 is 5.29. The monoisotopic (exact) mass is 355 g/mol. The Hall–Kier alpha value is -2.33. The van der Waals surface area contributed by atoms with Crippen molar-refractivity contribution < 1.29 is 14.8 Å². The van der Waals surface area contributed by atoms with Gasteiger partial charge < -0.3 is 15.4 Å². The lowest BCUT2D eigenvalue weighted by Gasteiger charge is -2.20. The Kier molecular flexibility index (Phi) is 7.67. The second kappa shape index (κ2) is 9.97. The number of quaternary nitrogens is 1. The molecule has 4 heteroatoms. The predicted octanol–water partition coefficient (Wildman–Crippen LogP) is 3.55. The van der Waals surface area contributed by atoms with Gasteiger partial charge in [-0.15, -0.1) is 0 Å². The number of carbonyl (C=O) groups excluding carboxylic acids is 1. The van der Waals surface area contributed by atoms with Gasteiger partial charge in [-0.3, -0.25) is 4.79 Å². The van der Waals surface area contributed by atoms with E-state index in [9.17, 15) is 4.79 Å². The molecule has 26 heavy (non-hydrogen) atoms. The SMILES string of the molecule is CCCc1ccc([C@@H]([NH2+]CC(=O)Nc2ccccc2OC)C(C)C)cc1. The summed E-state index contributed by atoms with van der Waals surface area (Å²) in [5, 5.41) is 5.05. The van der Waals surface area contributed by atoms with Gasteiger partial charge >= 0.3 is 0 Å². The Labute approximate surface area is 157 Å². The van der Waals surface area contributed by atoms with Gasteiger partial charge in [-0.2, -0.15) is 0 Å². The van der Waals surface area contributed by atoms with Gasteiger partial charge in [-0.1, -0.05) is 63.6 Å². The smallest absolute Gasteiger partial charge is 0.279 e. The first-order valence-electron chi connectivity index (χ1n) is 9.40. The number of amides is 1. The van der Waals surface area contributed by atoms with Gasteiger partial charge in [0.1, 0.15) is 11.8 Å². The number of nitrogens with two attached hydrogens (primary N) is 1. The highest BCUT2D eigenvalue weighted by molar-refractivity contribution is 5.92. The fraction of sp³-hybridized carbons (Fsp3) is 0.409. The van der Waals surface area contributed by atoms with Crippen LogP contribution < -0.4 is 15.4 Å². The quantitative estimate of drug-likeness (QED) is 0.723. The summed E-state index contributed by atoms with van der Waals surface area (Å²) in [5.41, 5.74) is 3.34. The zero-order valence-electron chi connectivity index (χ0n) is 16.3. The Morgan fingerprint density at radius 1 is 1.12 bits per heavy atom. The van der Waals surface area contributed by atoms with Crippen molar-refractivity contribution in [2.45, 2.75) is 39.7 Å². The van der Waals surface area contributed by atoms with Gasteiger partial charge in [0.15, 0.2) is 6.54 Å². The molecule has 0 heterocycles. The Morgan fingerprint density at radius 2 is 1.81 bits per heavy atom. The van der Waals surface area contributed by atoms with Crippen LogP contribution in [0.15, 0.2) is 48.5 Å². The average molecular weight is 356 g/mol. The standard InChI is InChI=1S/C22H30N2O2/c1-5-8-17-11-13-18(14-12-17)22(16(2)3)23-15-21(25)24-19-9-6-7-10-20(19)26-4/h6-7,9-14,16,22-23H,5,8,15H2,1-4H3,(H,24,25)/p+1/t22-/m0/s1. The molecule has 0 spiro atoms. The molecular formula is C22H31N2O2+. The number of hydrogen-bond acceptors (Lipinski definition) is 2. The van der Waals surface area contributed by atoms with E-state index in [0.717, 1.165) is 12.8 Å². The fourth-order valence-corrected chi connectivity index (χ4v) is 3.17. The van der Waals surface area contributed by atoms with E-state index in [2.05, 4.69) is 55.7 Å². The molecule has 0 aliphatic carbocycles. The highest BCUT2D eigenvalue weighted by atomic mass is 16.5. The normalized spacial score (nSPS) is 12.0. The van der Waals surface area contributed by atoms with Crippen LogP contribution in [0.2, 0.25) is 0 Å². The summed E-state index contributed by atoms with van der Waals surface area (Å²) in [6.45, 7) is 6.95. The number of nitrogens with one attached hydrogen (secondary N) is 1. The Balaban J connectivity index is 1.98. The molecule has 1 amide bonds. The molecule has 0 radical (unpaired) electrons. The van der Waals surface area contributed by atoms with Crippen LogP contribution >= 0.6 is 0 Å². The number of aryl methyl sites for hydroxylation is 1. The van der Waals surface area contributed by atoms with Crippen molar-refractivity contribution in [2.24, 2.45) is 5.92 Å². The number of anilines is 1. The average Bonchev–Trinajstić information content (AvgIpc) is 2.63. The number of ether oxygens (including phenoxy) is 1. The second-order valence-electron chi connectivity index (χ2n) is 6.95. The van der Waals surface area contributed by atoms with Crippen LogP contribution in [-0.2, 0) is 11.2 Å². The van der Waals surface area contributed by atoms with E-state index in [1.807, 2.05) is 24.3 Å². The maximum atomic E-state index is 12.4. The van der Waals surface area contributed by atoms with Crippen LogP contribution in [0.3, 0.4) is 0 Å². The van der Waals surface area contributed by atoms with Gasteiger partial charge in [0.2, 0.25) is 0 Å². The molecule has 0 bridgehead atoms. The zero-order valence-corrected chi connectivity index (χ0v) is 16.3. The predicted molar refractivity (Wildman–Crippen MR) is 106 cm³/mol. The number of hydrogen-bond donors (Lipinski definition) is 2. The molecule has 1 atom stereocenters. The Bertz CT molecular complexity index is 696. The van der Waals surface area contributed by atoms with Crippen LogP contribution in [-0.4, -0.2) is 19.6 Å². The summed E-state index contributed by atoms with van der Waals surface area (Å²) in [4.78, 5) is 12.4. The molecule has 2 aromatic carbocycles. The van der Waals surface area contributed by atoms with Crippen molar-refractivity contribution in [3.05, 3.63) is 59.7 Å². The number of benzene rings is 2. The van der Waals surface area contributed by atoms with Crippen molar-refractivity contribution in [2.75, 3.05) is 19.0 Å². The molecule has 0 aromatic heterocycles. The van der Waals surface area contributed by atoms with Crippen molar-refractivity contribution >= 4 is 11.6 Å². The van der Waals surface area contributed by atoms with Gasteiger partial charge in [0, 0.05) is 11.5 Å². The van der Waals surface area contributed by atoms with E-state index in [-0.39, 0.29) is 11.9 Å². The molecule has 2 rings (SSSR count). The highest BCUT2D eigenvalue weighted by Gasteiger charge is 2.20. The van der Waals surface area contributed by atoms with Crippen molar-refractivity contribution in [1.29, 1.82) is 0 Å². The van der Waals surface area contributed by atoms with E-state index in [0.29, 0.717) is 23.9 Å². The third-order valence-electron chi connectivity index (χ3n) is 4.56. The first-order valence-corrected chi connectivity index (χ1v) is 9.40. The molecule has 0 saturated heterocycles. The third-order valence-corrected chi connectivity index (χ3v) is 4.56. The van der Waals surface area contributed by atoms with E-state index >= 15 is 0 Å². The highest BCUT2D eigenvalue weighted by Crippen LogP contribution is 2.23. The van der Waals surface area contributed by atoms with Gasteiger partial charge in [-0.25, -0.2) is 0 Å². The van der Waals surface area contributed by atoms with E-state index in [1.54, 1.807) is 7.11 Å². The minimum Gasteiger partial charge on any atom is -0.495 e. The summed E-state index contributed by atoms with van der Waals surface area (Å²) in [6, 6.07) is 16.5. The molecule has 140 valence electrons. The number of methoxy groups -OCH3 is 1. The maximum Gasteiger partial charge on any atom is 0.279 e. The van der Waals surface area contributed by atoms with Crippen LogP contribution in [0, 0.1) is 5.92 Å². The van der Waals surface area contributed by atoms with Crippen molar-refractivity contribution in [3.8, 4) is 5.75 Å². The van der Waals surface area contributed by atoms with Crippen LogP contribution in [0.5, 0.6) is 5.75 Å². The molecule has 0 unspecified atom stereocenters. The van der Waals surface area contributed by atoms with Crippen LogP contribution in [0.25, 0.3) is 0 Å². The van der Waals surface area contributed by atoms with E-state index in [1.165, 1.54) is 11.1 Å². The summed E-state index contributed by atoms with van der Waals surface area (Å²) in [5.74, 6) is 1.08. The molecule has 4 nitrogen and oxygen atoms in total. The molecular weight excluding hydrogens is 324 g/mol. The van der Waals surface area contributed by atoms with E-state index < -0.39 is 0 Å². The van der Waals surface area contributed by atoms with Crippen LogP contribution in [0.4, 0.5) is 5.69 Å². The molecule has 0 aliphatic heterocycles. The topological polar surface area (TPSA) is 54.9 Å². The fourth-order valence-electron chi connectivity index (χ4n) is 3.17. The van der Waals surface area contributed by atoms with E-state index in [4.69, 9.17) is 4.74 Å². The van der Waals surface area contributed by atoms with Crippen molar-refractivity contribution in [3.63, 3.8) is 0 Å². The zero-order chi connectivity index (χ0) is 18.9. The lowest BCUT2D eigenvalue weighted by Crippen LogP contribution is -2.88. The number of carbonyl (C=O) groups is 1. The molecule has 3 N–H and O–H groups in total. The van der Waals surface area contributed by atoms with Gasteiger partial charge in [0.05, 0.1) is 12.8 Å². The first-order chi connectivity index (χ1) is 12.5. The van der Waals surface area contributed by atoms with Gasteiger partial charge in [0.25, 0.3) is 5.91 Å². The number of para-hydroxylation sites is 2. The Morgan fingerprint density at radius 3 is 2.42 bits per heavy atom. The maximum absolute atomic E-state index is 12.4. The van der Waals surface area contributed by atoms with Crippen LogP contribution in [0.1, 0.15) is 44.4 Å². The molecule has 0 saturated carbocycles. The summed E-state index contributed by atoms with van der Waals surface area (Å²) in [6.07, 6.45) is 2.26. The summed E-state index contributed by atoms with van der Waals surface area (Å²) in [7, 11) is 1.61. The lowest BCUT2D eigenvalue weighted by atomic mass is 9.94. The summed E-state index contributed by atoms with van der Waals surface area (Å²) >= 11 is 0. The largest absolute Gasteiger partial charge is 0.495 e. The number of rotatable bonds is 9. The lowest BCUT2D eigenvalue weighted by molar-refractivity contribution is -0.692. The molecule has 2 aromatic rings. The minimum absolute atomic E-state index is 0.0252. The molecule has 0 aliphatic rings. The van der Waals surface area contributed by atoms with Gasteiger partial charge in [-0.05, 0) is 24.1 Å².